The molecule has 0 unspecified atom stereocenters. The molecule has 3 nitrogen and oxygen atoms in total. The van der Waals surface area contributed by atoms with Gasteiger partial charge in [0.05, 0.1) is 23.0 Å². The predicted octanol–water partition coefficient (Wildman–Crippen LogP) is 4.13. The van der Waals surface area contributed by atoms with Crippen molar-refractivity contribution in [2.45, 2.75) is 13.5 Å². The molecule has 0 aliphatic carbocycles. The maximum atomic E-state index is 13.3. The Kier molecular flexibility index (Phi) is 3.96. The maximum absolute atomic E-state index is 13.3. The summed E-state index contributed by atoms with van der Waals surface area (Å²) in [6.45, 7) is 1.88. The van der Waals surface area contributed by atoms with Gasteiger partial charge in [0.1, 0.15) is 5.82 Å². The van der Waals surface area contributed by atoms with E-state index in [1.165, 1.54) is 12.1 Å². The van der Waals surface area contributed by atoms with Gasteiger partial charge in [0.25, 0.3) is 0 Å². The van der Waals surface area contributed by atoms with Crippen molar-refractivity contribution in [3.8, 4) is 16.9 Å². The van der Waals surface area contributed by atoms with E-state index >= 15 is 0 Å². The minimum absolute atomic E-state index is 0.0374. The van der Waals surface area contributed by atoms with Gasteiger partial charge in [-0.3, -0.25) is 0 Å². The number of halogens is 2. The highest BCUT2D eigenvalue weighted by Gasteiger charge is 2.12. The van der Waals surface area contributed by atoms with E-state index in [-0.39, 0.29) is 11.6 Å². The lowest BCUT2D eigenvalue weighted by Gasteiger charge is -2.03. The second-order valence-electron chi connectivity index (χ2n) is 5.07. The van der Waals surface area contributed by atoms with Crippen LogP contribution in [0.3, 0.4) is 0 Å². The van der Waals surface area contributed by atoms with Crippen molar-refractivity contribution in [2.75, 3.05) is 0 Å². The van der Waals surface area contributed by atoms with Crippen LogP contribution in [0.1, 0.15) is 11.1 Å². The fourth-order valence-corrected chi connectivity index (χ4v) is 2.41. The molecule has 0 saturated carbocycles. The molecular formula is C17H14ClFN2O. The van der Waals surface area contributed by atoms with Gasteiger partial charge in [-0.05, 0) is 25.1 Å². The van der Waals surface area contributed by atoms with Crippen molar-refractivity contribution < 1.29 is 9.50 Å². The summed E-state index contributed by atoms with van der Waals surface area (Å²) in [6, 6.07) is 12.3. The number of rotatable bonds is 3. The molecule has 0 spiro atoms. The van der Waals surface area contributed by atoms with Crippen LogP contribution in [0.25, 0.3) is 16.9 Å². The van der Waals surface area contributed by atoms with Gasteiger partial charge in [0, 0.05) is 17.3 Å². The monoisotopic (exact) mass is 316 g/mol. The van der Waals surface area contributed by atoms with E-state index in [2.05, 4.69) is 5.10 Å². The summed E-state index contributed by atoms with van der Waals surface area (Å²) in [5, 5.41) is 14.1. The van der Waals surface area contributed by atoms with Crippen LogP contribution in [-0.4, -0.2) is 14.9 Å². The van der Waals surface area contributed by atoms with E-state index in [1.807, 2.05) is 31.2 Å². The summed E-state index contributed by atoms with van der Waals surface area (Å²) in [7, 11) is 0. The molecule has 112 valence electrons. The summed E-state index contributed by atoms with van der Waals surface area (Å²) in [5.41, 5.74) is 4.10. The van der Waals surface area contributed by atoms with Crippen LogP contribution in [0.5, 0.6) is 0 Å². The number of benzene rings is 2. The largest absolute Gasteiger partial charge is 0.392 e. The molecule has 0 aliphatic rings. The van der Waals surface area contributed by atoms with Crippen molar-refractivity contribution in [3.63, 3.8) is 0 Å². The molecule has 3 aromatic rings. The fourth-order valence-electron chi connectivity index (χ4n) is 2.24. The van der Waals surface area contributed by atoms with Crippen LogP contribution in [0.2, 0.25) is 5.02 Å². The van der Waals surface area contributed by atoms with E-state index in [0.29, 0.717) is 16.9 Å². The number of aryl methyl sites for hydroxylation is 1. The molecule has 0 fully saturated rings. The van der Waals surface area contributed by atoms with Crippen LogP contribution >= 0.6 is 11.6 Å². The van der Waals surface area contributed by atoms with Crippen LogP contribution < -0.4 is 0 Å². The van der Waals surface area contributed by atoms with Crippen LogP contribution in [0.15, 0.2) is 48.7 Å². The summed E-state index contributed by atoms with van der Waals surface area (Å²) in [6.07, 6.45) is 1.72. The number of aromatic nitrogens is 2. The molecule has 0 amide bonds. The quantitative estimate of drug-likeness (QED) is 0.789. The standard InChI is InChI=1S/C17H14ClFN2O/c1-11-2-4-12(5-3-11)17-13(10-22)9-21(20-17)14-6-7-16(19)15(18)8-14/h2-9,22H,10H2,1H3. The molecule has 3 rings (SSSR count). The first-order valence-corrected chi connectivity index (χ1v) is 7.18. The second kappa shape index (κ2) is 5.91. The summed E-state index contributed by atoms with van der Waals surface area (Å²) < 4.78 is 14.9. The first kappa shape index (κ1) is 14.8. The lowest BCUT2D eigenvalue weighted by Crippen LogP contribution is -1.95. The van der Waals surface area contributed by atoms with E-state index in [1.54, 1.807) is 16.9 Å². The first-order valence-electron chi connectivity index (χ1n) is 6.80. The third-order valence-corrected chi connectivity index (χ3v) is 3.74. The zero-order valence-electron chi connectivity index (χ0n) is 11.9. The van der Waals surface area contributed by atoms with Gasteiger partial charge in [-0.1, -0.05) is 41.4 Å². The number of aliphatic hydroxyl groups excluding tert-OH is 1. The highest BCUT2D eigenvalue weighted by Crippen LogP contribution is 2.25. The number of hydrogen-bond acceptors (Lipinski definition) is 2. The summed E-state index contributed by atoms with van der Waals surface area (Å²) >= 11 is 5.81. The third kappa shape index (κ3) is 2.75. The Morgan fingerprint density at radius 1 is 1.18 bits per heavy atom. The van der Waals surface area contributed by atoms with Gasteiger partial charge in [-0.2, -0.15) is 5.10 Å². The Labute approximate surface area is 132 Å². The molecule has 0 aliphatic heterocycles. The Morgan fingerprint density at radius 2 is 1.91 bits per heavy atom. The van der Waals surface area contributed by atoms with Crippen molar-refractivity contribution in [1.29, 1.82) is 0 Å². The molecule has 1 aromatic heterocycles. The van der Waals surface area contributed by atoms with Gasteiger partial charge in [0.15, 0.2) is 0 Å². The van der Waals surface area contributed by atoms with Crippen molar-refractivity contribution >= 4 is 11.6 Å². The molecule has 0 saturated heterocycles. The lowest BCUT2D eigenvalue weighted by molar-refractivity contribution is 0.282. The lowest BCUT2D eigenvalue weighted by atomic mass is 10.1. The normalized spacial score (nSPS) is 10.9. The second-order valence-corrected chi connectivity index (χ2v) is 5.48. The summed E-state index contributed by atoms with van der Waals surface area (Å²) in [4.78, 5) is 0. The Morgan fingerprint density at radius 3 is 2.55 bits per heavy atom. The third-order valence-electron chi connectivity index (χ3n) is 3.45. The fraction of sp³-hybridized carbons (Fsp3) is 0.118. The highest BCUT2D eigenvalue weighted by atomic mass is 35.5. The Balaban J connectivity index is 2.07. The van der Waals surface area contributed by atoms with Crippen LogP contribution in [-0.2, 0) is 6.61 Å². The average molecular weight is 317 g/mol. The minimum atomic E-state index is -0.473. The molecule has 0 atom stereocenters. The van der Waals surface area contributed by atoms with Gasteiger partial charge >= 0.3 is 0 Å². The molecule has 0 radical (unpaired) electrons. The highest BCUT2D eigenvalue weighted by molar-refractivity contribution is 6.30. The van der Waals surface area contributed by atoms with Crippen molar-refractivity contribution in [2.24, 2.45) is 0 Å². The van der Waals surface area contributed by atoms with Gasteiger partial charge in [0.2, 0.25) is 0 Å². The van der Waals surface area contributed by atoms with E-state index in [9.17, 15) is 9.50 Å². The first-order chi connectivity index (χ1) is 10.6. The predicted molar refractivity (Wildman–Crippen MR) is 84.6 cm³/mol. The smallest absolute Gasteiger partial charge is 0.141 e. The molecule has 0 bridgehead atoms. The molecule has 2 aromatic carbocycles. The van der Waals surface area contributed by atoms with E-state index < -0.39 is 5.82 Å². The Hall–Kier alpha value is -2.17. The molecule has 5 heteroatoms. The molecule has 1 heterocycles. The number of hydrogen-bond donors (Lipinski definition) is 1. The zero-order valence-corrected chi connectivity index (χ0v) is 12.7. The van der Waals surface area contributed by atoms with Crippen molar-refractivity contribution in [3.05, 3.63) is 70.6 Å². The van der Waals surface area contributed by atoms with E-state index in [4.69, 9.17) is 11.6 Å². The molecular weight excluding hydrogens is 303 g/mol. The topological polar surface area (TPSA) is 38.0 Å². The van der Waals surface area contributed by atoms with E-state index in [0.717, 1.165) is 11.1 Å². The molecule has 22 heavy (non-hydrogen) atoms. The van der Waals surface area contributed by atoms with Crippen molar-refractivity contribution in [1.82, 2.24) is 9.78 Å². The van der Waals surface area contributed by atoms with Crippen LogP contribution in [0, 0.1) is 12.7 Å². The molecule has 1 N–H and O–H groups in total. The summed E-state index contributed by atoms with van der Waals surface area (Å²) in [5.74, 6) is -0.473. The number of aliphatic hydroxyl groups is 1. The minimum Gasteiger partial charge on any atom is -0.392 e. The van der Waals surface area contributed by atoms with Crippen LogP contribution in [0.4, 0.5) is 4.39 Å². The zero-order chi connectivity index (χ0) is 15.7. The number of nitrogens with zero attached hydrogens (tertiary/aromatic N) is 2. The van der Waals surface area contributed by atoms with Gasteiger partial charge in [-0.25, -0.2) is 9.07 Å². The maximum Gasteiger partial charge on any atom is 0.141 e. The average Bonchev–Trinajstić information content (AvgIpc) is 2.95. The Bertz CT molecular complexity index is 812. The van der Waals surface area contributed by atoms with Gasteiger partial charge in [-0.15, -0.1) is 0 Å². The van der Waals surface area contributed by atoms with Gasteiger partial charge < -0.3 is 5.11 Å². The SMILES string of the molecule is Cc1ccc(-c2nn(-c3ccc(F)c(Cl)c3)cc2CO)cc1.